The van der Waals surface area contributed by atoms with E-state index in [0.717, 1.165) is 17.4 Å². The number of aromatic nitrogens is 3. The molecule has 0 radical (unpaired) electrons. The van der Waals surface area contributed by atoms with Crippen molar-refractivity contribution in [2.24, 2.45) is 11.8 Å². The predicted octanol–water partition coefficient (Wildman–Crippen LogP) is 3.52. The lowest BCUT2D eigenvalue weighted by Gasteiger charge is -2.34. The van der Waals surface area contributed by atoms with Crippen LogP contribution in [0.15, 0.2) is 5.16 Å². The molecule has 1 amide bonds. The van der Waals surface area contributed by atoms with Crippen molar-refractivity contribution in [3.63, 3.8) is 0 Å². The second kappa shape index (κ2) is 6.70. The largest absolute Gasteiger partial charge is 0.352 e. The standard InChI is InChI=1S/C18H28N4OS/c1-11-4-3-5-15(12(11)2)19-16(23)10-24-18-21-20-17(13-6-7-13)22(18)14-8-9-14/h11-15H,3-10H2,1-2H3,(H,19,23)/t11-,12-,15+/m1/s1. The molecule has 0 saturated heterocycles. The zero-order valence-corrected chi connectivity index (χ0v) is 15.5. The van der Waals surface area contributed by atoms with Gasteiger partial charge in [0, 0.05) is 18.0 Å². The van der Waals surface area contributed by atoms with Gasteiger partial charge in [0.05, 0.1) is 5.75 Å². The predicted molar refractivity (Wildman–Crippen MR) is 95.1 cm³/mol. The van der Waals surface area contributed by atoms with E-state index in [-0.39, 0.29) is 5.91 Å². The number of rotatable bonds is 6. The smallest absolute Gasteiger partial charge is 0.230 e. The van der Waals surface area contributed by atoms with Crippen molar-refractivity contribution in [2.75, 3.05) is 5.75 Å². The van der Waals surface area contributed by atoms with Crippen molar-refractivity contribution in [3.05, 3.63) is 5.82 Å². The van der Waals surface area contributed by atoms with Crippen LogP contribution in [-0.2, 0) is 4.79 Å². The molecule has 3 atom stereocenters. The lowest BCUT2D eigenvalue weighted by molar-refractivity contribution is -0.120. The summed E-state index contributed by atoms with van der Waals surface area (Å²) in [4.78, 5) is 12.4. The molecule has 1 aromatic rings. The minimum absolute atomic E-state index is 0.143. The third kappa shape index (κ3) is 3.48. The maximum absolute atomic E-state index is 12.4. The number of carbonyl (C=O) groups excluding carboxylic acids is 1. The van der Waals surface area contributed by atoms with Crippen LogP contribution in [-0.4, -0.2) is 32.5 Å². The van der Waals surface area contributed by atoms with E-state index in [9.17, 15) is 4.79 Å². The van der Waals surface area contributed by atoms with Crippen LogP contribution in [0.3, 0.4) is 0 Å². The summed E-state index contributed by atoms with van der Waals surface area (Å²) in [5.41, 5.74) is 0. The third-order valence-electron chi connectivity index (χ3n) is 5.93. The Kier molecular flexibility index (Phi) is 4.58. The fourth-order valence-corrected chi connectivity index (χ4v) is 4.67. The van der Waals surface area contributed by atoms with Crippen molar-refractivity contribution < 1.29 is 4.79 Å². The Morgan fingerprint density at radius 1 is 1.17 bits per heavy atom. The van der Waals surface area contributed by atoms with Gasteiger partial charge in [-0.1, -0.05) is 38.5 Å². The lowest BCUT2D eigenvalue weighted by Crippen LogP contribution is -2.44. The average molecular weight is 349 g/mol. The van der Waals surface area contributed by atoms with Crippen LogP contribution in [0.2, 0.25) is 0 Å². The summed E-state index contributed by atoms with van der Waals surface area (Å²) in [6.45, 7) is 4.57. The van der Waals surface area contributed by atoms with E-state index in [4.69, 9.17) is 0 Å². The van der Waals surface area contributed by atoms with Crippen LogP contribution >= 0.6 is 11.8 Å². The van der Waals surface area contributed by atoms with Gasteiger partial charge in [-0.3, -0.25) is 4.79 Å². The molecule has 0 unspecified atom stereocenters. The summed E-state index contributed by atoms with van der Waals surface area (Å²) < 4.78 is 2.32. The monoisotopic (exact) mass is 348 g/mol. The van der Waals surface area contributed by atoms with Gasteiger partial charge in [0.2, 0.25) is 5.91 Å². The first-order valence-electron chi connectivity index (χ1n) is 9.50. The number of hydrogen-bond acceptors (Lipinski definition) is 4. The minimum atomic E-state index is 0.143. The molecule has 3 saturated carbocycles. The first-order valence-corrected chi connectivity index (χ1v) is 10.5. The summed E-state index contributed by atoms with van der Waals surface area (Å²) in [7, 11) is 0. The van der Waals surface area contributed by atoms with Gasteiger partial charge >= 0.3 is 0 Å². The van der Waals surface area contributed by atoms with E-state index in [0.29, 0.717) is 35.6 Å². The molecule has 5 nitrogen and oxygen atoms in total. The van der Waals surface area contributed by atoms with Crippen molar-refractivity contribution in [2.45, 2.75) is 82.0 Å². The van der Waals surface area contributed by atoms with Crippen molar-refractivity contribution in [1.82, 2.24) is 20.1 Å². The molecule has 0 aliphatic heterocycles. The van der Waals surface area contributed by atoms with Gasteiger partial charge < -0.3 is 9.88 Å². The van der Waals surface area contributed by atoms with Crippen LogP contribution in [0, 0.1) is 11.8 Å². The quantitative estimate of drug-likeness (QED) is 0.799. The Hall–Kier alpha value is -1.04. The SMILES string of the molecule is C[C@@H]1[C@H](C)CCC[C@@H]1NC(=O)CSc1nnc(C2CC2)n1C1CC1. The average Bonchev–Trinajstić information content (AvgIpc) is 3.48. The van der Waals surface area contributed by atoms with Crippen molar-refractivity contribution in [1.29, 1.82) is 0 Å². The summed E-state index contributed by atoms with van der Waals surface area (Å²) in [5, 5.41) is 13.0. The number of amides is 1. The molecule has 0 bridgehead atoms. The Balaban J connectivity index is 1.34. The fraction of sp³-hybridized carbons (Fsp3) is 0.833. The molecule has 0 spiro atoms. The molecule has 3 aliphatic carbocycles. The van der Waals surface area contributed by atoms with E-state index in [1.54, 1.807) is 11.8 Å². The van der Waals surface area contributed by atoms with Gasteiger partial charge in [0.15, 0.2) is 5.16 Å². The van der Waals surface area contributed by atoms with Crippen LogP contribution in [0.5, 0.6) is 0 Å². The molecule has 1 heterocycles. The Morgan fingerprint density at radius 2 is 1.96 bits per heavy atom. The molecule has 1 aromatic heterocycles. The summed E-state index contributed by atoms with van der Waals surface area (Å²) in [6, 6.07) is 0.922. The Morgan fingerprint density at radius 3 is 2.67 bits per heavy atom. The number of carbonyl (C=O) groups is 1. The molecule has 3 fully saturated rings. The molecule has 3 aliphatic rings. The maximum Gasteiger partial charge on any atom is 0.230 e. The number of thioether (sulfide) groups is 1. The van der Waals surface area contributed by atoms with Crippen molar-refractivity contribution in [3.8, 4) is 0 Å². The van der Waals surface area contributed by atoms with Gasteiger partial charge in [-0.05, 0) is 43.9 Å². The molecule has 0 aromatic carbocycles. The van der Waals surface area contributed by atoms with Gasteiger partial charge in [0.1, 0.15) is 5.82 Å². The third-order valence-corrected chi connectivity index (χ3v) is 6.87. The molecule has 6 heteroatoms. The number of nitrogens with one attached hydrogen (secondary N) is 1. The van der Waals surface area contributed by atoms with Gasteiger partial charge in [-0.15, -0.1) is 10.2 Å². The summed E-state index contributed by atoms with van der Waals surface area (Å²) >= 11 is 1.56. The van der Waals surface area contributed by atoms with Crippen LogP contribution in [0.25, 0.3) is 0 Å². The van der Waals surface area contributed by atoms with Crippen molar-refractivity contribution >= 4 is 17.7 Å². The molecular weight excluding hydrogens is 320 g/mol. The van der Waals surface area contributed by atoms with Gasteiger partial charge in [-0.25, -0.2) is 0 Å². The highest BCUT2D eigenvalue weighted by Gasteiger charge is 2.36. The Bertz CT molecular complexity index is 608. The van der Waals surface area contributed by atoms with E-state index < -0.39 is 0 Å². The zero-order valence-electron chi connectivity index (χ0n) is 14.7. The highest BCUT2D eigenvalue weighted by molar-refractivity contribution is 7.99. The second-order valence-corrected chi connectivity index (χ2v) is 8.89. The van der Waals surface area contributed by atoms with E-state index >= 15 is 0 Å². The van der Waals surface area contributed by atoms with E-state index in [1.807, 2.05) is 0 Å². The minimum Gasteiger partial charge on any atom is -0.352 e. The molecule has 4 rings (SSSR count). The number of nitrogens with zero attached hydrogens (tertiary/aromatic N) is 3. The normalized spacial score (nSPS) is 30.3. The fourth-order valence-electron chi connectivity index (χ4n) is 3.85. The first-order chi connectivity index (χ1) is 11.6. The first kappa shape index (κ1) is 16.4. The van der Waals surface area contributed by atoms with E-state index in [1.165, 1.54) is 38.5 Å². The second-order valence-electron chi connectivity index (χ2n) is 7.95. The maximum atomic E-state index is 12.4. The zero-order chi connectivity index (χ0) is 16.7. The molecular formula is C18H28N4OS. The summed E-state index contributed by atoms with van der Waals surface area (Å²) in [6.07, 6.45) is 8.58. The highest BCUT2D eigenvalue weighted by atomic mass is 32.2. The van der Waals surface area contributed by atoms with Gasteiger partial charge in [-0.2, -0.15) is 0 Å². The molecule has 132 valence electrons. The summed E-state index contributed by atoms with van der Waals surface area (Å²) in [5.74, 6) is 3.65. The molecule has 24 heavy (non-hydrogen) atoms. The lowest BCUT2D eigenvalue weighted by atomic mass is 9.78. The number of hydrogen-bond donors (Lipinski definition) is 1. The van der Waals surface area contributed by atoms with E-state index in [2.05, 4.69) is 33.9 Å². The molecule has 1 N–H and O–H groups in total. The van der Waals surface area contributed by atoms with Gasteiger partial charge in [0.25, 0.3) is 0 Å². The van der Waals surface area contributed by atoms with Crippen LogP contribution < -0.4 is 5.32 Å². The topological polar surface area (TPSA) is 59.8 Å². The van der Waals surface area contributed by atoms with Crippen LogP contribution in [0.1, 0.15) is 76.6 Å². The van der Waals surface area contributed by atoms with Crippen LogP contribution in [0.4, 0.5) is 0 Å². The Labute approximate surface area is 148 Å². The highest BCUT2D eigenvalue weighted by Crippen LogP contribution is 2.46.